The summed E-state index contributed by atoms with van der Waals surface area (Å²) in [4.78, 5) is 0. The van der Waals surface area contributed by atoms with Crippen LogP contribution in [0.3, 0.4) is 0 Å². The summed E-state index contributed by atoms with van der Waals surface area (Å²) in [7, 11) is 0. The second-order valence-electron chi connectivity index (χ2n) is 2.21. The summed E-state index contributed by atoms with van der Waals surface area (Å²) in [6.07, 6.45) is 0. The fourth-order valence-electron chi connectivity index (χ4n) is 0.826. The van der Waals surface area contributed by atoms with Crippen molar-refractivity contribution in [3.8, 4) is 5.75 Å². The molecule has 0 radical (unpaired) electrons. The molecule has 1 rings (SSSR count). The average Bonchev–Trinajstić information content (AvgIpc) is 2.08. The van der Waals surface area contributed by atoms with Crippen LogP contribution in [0.25, 0.3) is 0 Å². The summed E-state index contributed by atoms with van der Waals surface area (Å²) in [5.41, 5.74) is 0.381. The molecule has 0 bridgehead atoms. The summed E-state index contributed by atoms with van der Waals surface area (Å²) in [6.45, 7) is 0.198. The number of phenols is 1. The van der Waals surface area contributed by atoms with Gasteiger partial charge in [0.25, 0.3) is 0 Å². The van der Waals surface area contributed by atoms with E-state index in [2.05, 4.69) is 0 Å². The van der Waals surface area contributed by atoms with Gasteiger partial charge in [0.2, 0.25) is 0 Å². The van der Waals surface area contributed by atoms with Gasteiger partial charge in [-0.1, -0.05) is 34.7 Å². The van der Waals surface area contributed by atoms with Gasteiger partial charge in [-0.15, -0.1) is 0 Å². The molecule has 0 atom stereocenters. The van der Waals surface area contributed by atoms with Gasteiger partial charge in [0.1, 0.15) is 0 Å². The maximum atomic E-state index is 13.0. The Balaban J connectivity index is 2.78. The van der Waals surface area contributed by atoms with Crippen LogP contribution in [0.5, 0.6) is 5.75 Å². The van der Waals surface area contributed by atoms with Gasteiger partial charge >= 0.3 is 0 Å². The van der Waals surface area contributed by atoms with Crippen molar-refractivity contribution in [1.29, 1.82) is 0 Å². The van der Waals surface area contributed by atoms with Crippen LogP contribution in [0.4, 0.5) is 4.39 Å². The molecule has 0 aliphatic rings. The SMILES string of the molecule is Oc1cccc(COCI)c1F. The predicted octanol–water partition coefficient (Wildman–Crippen LogP) is 2.44. The Hall–Kier alpha value is -0.360. The van der Waals surface area contributed by atoms with Crippen LogP contribution in [0, 0.1) is 5.82 Å². The van der Waals surface area contributed by atoms with E-state index in [-0.39, 0.29) is 12.4 Å². The molecule has 1 N–H and O–H groups in total. The van der Waals surface area contributed by atoms with Gasteiger partial charge in [-0.25, -0.2) is 4.39 Å². The Bertz CT molecular complexity index is 265. The normalized spacial score (nSPS) is 10.2. The molecular formula is C8H8FIO2. The van der Waals surface area contributed by atoms with Crippen LogP contribution >= 0.6 is 22.6 Å². The lowest BCUT2D eigenvalue weighted by Gasteiger charge is -2.03. The highest BCUT2D eigenvalue weighted by Gasteiger charge is 2.05. The van der Waals surface area contributed by atoms with Gasteiger partial charge in [0, 0.05) is 5.56 Å². The van der Waals surface area contributed by atoms with Crippen molar-refractivity contribution in [2.45, 2.75) is 6.61 Å². The minimum absolute atomic E-state index is 0.198. The van der Waals surface area contributed by atoms with Gasteiger partial charge < -0.3 is 9.84 Å². The fraction of sp³-hybridized carbons (Fsp3) is 0.250. The van der Waals surface area contributed by atoms with E-state index in [0.717, 1.165) is 0 Å². The number of halogens is 2. The lowest BCUT2D eigenvalue weighted by molar-refractivity contribution is 0.173. The highest BCUT2D eigenvalue weighted by molar-refractivity contribution is 14.1. The molecule has 66 valence electrons. The number of hydrogen-bond acceptors (Lipinski definition) is 2. The largest absolute Gasteiger partial charge is 0.505 e. The summed E-state index contributed by atoms with van der Waals surface area (Å²) < 4.78 is 18.5. The maximum absolute atomic E-state index is 13.0. The first-order valence-corrected chi connectivity index (χ1v) is 4.88. The molecular weight excluding hydrogens is 274 g/mol. The first-order chi connectivity index (χ1) is 5.75. The first kappa shape index (κ1) is 9.73. The molecule has 0 aliphatic carbocycles. The average molecular weight is 282 g/mol. The smallest absolute Gasteiger partial charge is 0.170 e. The van der Waals surface area contributed by atoms with Crippen LogP contribution in [-0.4, -0.2) is 9.72 Å². The third kappa shape index (κ3) is 2.31. The molecule has 0 saturated carbocycles. The lowest BCUT2D eigenvalue weighted by Crippen LogP contribution is -1.93. The van der Waals surface area contributed by atoms with Gasteiger partial charge in [-0.05, 0) is 6.07 Å². The zero-order valence-electron chi connectivity index (χ0n) is 6.26. The van der Waals surface area contributed by atoms with E-state index in [9.17, 15) is 4.39 Å². The van der Waals surface area contributed by atoms with Crippen molar-refractivity contribution >= 4 is 22.6 Å². The molecule has 0 spiro atoms. The van der Waals surface area contributed by atoms with Crippen LogP contribution < -0.4 is 0 Å². The Labute approximate surface area is 83.5 Å². The number of benzene rings is 1. The number of rotatable bonds is 3. The second kappa shape index (κ2) is 4.61. The molecule has 2 nitrogen and oxygen atoms in total. The fourth-order valence-corrected chi connectivity index (χ4v) is 1.05. The van der Waals surface area contributed by atoms with E-state index in [1.165, 1.54) is 6.07 Å². The minimum Gasteiger partial charge on any atom is -0.505 e. The molecule has 0 fully saturated rings. The minimum atomic E-state index is -0.595. The Morgan fingerprint density at radius 3 is 2.92 bits per heavy atom. The zero-order chi connectivity index (χ0) is 8.97. The van der Waals surface area contributed by atoms with Crippen LogP contribution in [0.2, 0.25) is 0 Å². The first-order valence-electron chi connectivity index (χ1n) is 3.35. The summed E-state index contributed by atoms with van der Waals surface area (Å²) in [5.74, 6) is -0.924. The van der Waals surface area contributed by atoms with Gasteiger partial charge in [0.05, 0.1) is 11.2 Å². The van der Waals surface area contributed by atoms with Crippen LogP contribution in [-0.2, 0) is 11.3 Å². The number of hydrogen-bond donors (Lipinski definition) is 1. The van der Waals surface area contributed by atoms with E-state index in [1.54, 1.807) is 12.1 Å². The third-order valence-corrected chi connectivity index (χ3v) is 1.83. The molecule has 1 aromatic rings. The number of alkyl halides is 1. The predicted molar refractivity (Wildman–Crippen MR) is 51.7 cm³/mol. The van der Waals surface area contributed by atoms with Crippen LogP contribution in [0.15, 0.2) is 18.2 Å². The zero-order valence-corrected chi connectivity index (χ0v) is 8.42. The quantitative estimate of drug-likeness (QED) is 0.681. The number of phenolic OH excluding ortho intramolecular Hbond substituents is 1. The topological polar surface area (TPSA) is 29.5 Å². The number of ether oxygens (including phenoxy) is 1. The maximum Gasteiger partial charge on any atom is 0.170 e. The van der Waals surface area contributed by atoms with Gasteiger partial charge in [0.15, 0.2) is 11.6 Å². The lowest BCUT2D eigenvalue weighted by atomic mass is 10.2. The molecule has 0 aromatic heterocycles. The molecule has 12 heavy (non-hydrogen) atoms. The number of aromatic hydroxyl groups is 1. The molecule has 1 aromatic carbocycles. The van der Waals surface area contributed by atoms with Gasteiger partial charge in [-0.3, -0.25) is 0 Å². The molecule has 4 heteroatoms. The van der Waals surface area contributed by atoms with E-state index >= 15 is 0 Å². The van der Waals surface area contributed by atoms with Gasteiger partial charge in [-0.2, -0.15) is 0 Å². The monoisotopic (exact) mass is 282 g/mol. The Kier molecular flexibility index (Phi) is 3.74. The Morgan fingerprint density at radius 1 is 1.50 bits per heavy atom. The standard InChI is InChI=1S/C8H8FIO2/c9-8-6(4-12-5-10)2-1-3-7(8)11/h1-3,11H,4-5H2. The van der Waals surface area contributed by atoms with E-state index in [1.807, 2.05) is 22.6 Å². The highest BCUT2D eigenvalue weighted by atomic mass is 127. The van der Waals surface area contributed by atoms with Crippen LogP contribution in [0.1, 0.15) is 5.56 Å². The van der Waals surface area contributed by atoms with Crippen molar-refractivity contribution in [2.75, 3.05) is 4.61 Å². The van der Waals surface area contributed by atoms with E-state index in [4.69, 9.17) is 9.84 Å². The summed E-state index contributed by atoms with van der Waals surface area (Å²) in [6, 6.07) is 4.48. The van der Waals surface area contributed by atoms with E-state index < -0.39 is 5.82 Å². The Morgan fingerprint density at radius 2 is 2.25 bits per heavy atom. The summed E-state index contributed by atoms with van der Waals surface area (Å²) >= 11 is 2.03. The van der Waals surface area contributed by atoms with E-state index in [0.29, 0.717) is 10.2 Å². The molecule has 0 amide bonds. The molecule has 0 aliphatic heterocycles. The molecule has 0 unspecified atom stereocenters. The van der Waals surface area contributed by atoms with Crippen molar-refractivity contribution in [2.24, 2.45) is 0 Å². The van der Waals surface area contributed by atoms with Crippen molar-refractivity contribution in [3.63, 3.8) is 0 Å². The molecule has 0 heterocycles. The summed E-state index contributed by atoms with van der Waals surface area (Å²) in [5, 5.41) is 8.97. The molecule has 0 saturated heterocycles. The van der Waals surface area contributed by atoms with Crippen molar-refractivity contribution < 1.29 is 14.2 Å². The third-order valence-electron chi connectivity index (χ3n) is 1.39. The van der Waals surface area contributed by atoms with Crippen molar-refractivity contribution in [3.05, 3.63) is 29.6 Å². The highest BCUT2D eigenvalue weighted by Crippen LogP contribution is 2.19. The second-order valence-corrected chi connectivity index (χ2v) is 2.83. The van der Waals surface area contributed by atoms with Crippen molar-refractivity contribution in [1.82, 2.24) is 0 Å².